The SMILES string of the molecule is COc1cc2c(c3ccccc13)OC(c1ccc(-c3ccc(Sc4ccccc4C=O)c(C)c3)cc1)(c1ccc(-c3ccc4sc5ccccc5c(=O)c4c3)cc1)C=C2c1ccccc1. The van der Waals surface area contributed by atoms with Crippen LogP contribution < -0.4 is 14.9 Å². The van der Waals surface area contributed by atoms with Crippen molar-refractivity contribution in [1.29, 1.82) is 0 Å². The summed E-state index contributed by atoms with van der Waals surface area (Å²) in [5, 5.41) is 3.40. The van der Waals surface area contributed by atoms with Gasteiger partial charge in [-0.15, -0.1) is 11.3 Å². The topological polar surface area (TPSA) is 52.6 Å². The van der Waals surface area contributed by atoms with Crippen molar-refractivity contribution in [2.45, 2.75) is 22.3 Å². The van der Waals surface area contributed by atoms with E-state index in [2.05, 4.69) is 134 Å². The Morgan fingerprint density at radius 3 is 1.86 bits per heavy atom. The van der Waals surface area contributed by atoms with Crippen LogP contribution in [0.1, 0.15) is 38.2 Å². The molecule has 10 aromatic rings. The molecule has 2 heterocycles. The molecule has 9 aromatic carbocycles. The molecule has 312 valence electrons. The Hall–Kier alpha value is -7.51. The lowest BCUT2D eigenvalue weighted by molar-refractivity contribution is 0.112. The number of ether oxygens (including phenoxy) is 2. The fourth-order valence-electron chi connectivity index (χ4n) is 9.11. The van der Waals surface area contributed by atoms with Crippen molar-refractivity contribution in [3.63, 3.8) is 0 Å². The Bertz CT molecular complexity index is 3570. The lowest BCUT2D eigenvalue weighted by Gasteiger charge is -2.39. The summed E-state index contributed by atoms with van der Waals surface area (Å²) in [7, 11) is 1.72. The number of carbonyl (C=O) groups is 1. The van der Waals surface area contributed by atoms with Crippen molar-refractivity contribution in [1.82, 2.24) is 0 Å². The predicted octanol–water partition coefficient (Wildman–Crippen LogP) is 15.0. The maximum Gasteiger partial charge on any atom is 0.195 e. The van der Waals surface area contributed by atoms with Crippen molar-refractivity contribution in [3.8, 4) is 33.8 Å². The quantitative estimate of drug-likeness (QED) is 0.107. The molecule has 0 fully saturated rings. The first-order chi connectivity index (χ1) is 31.9. The summed E-state index contributed by atoms with van der Waals surface area (Å²) in [4.78, 5) is 27.5. The third-order valence-electron chi connectivity index (χ3n) is 12.5. The van der Waals surface area contributed by atoms with Gasteiger partial charge in [0.05, 0.1) is 7.11 Å². The lowest BCUT2D eigenvalue weighted by Crippen LogP contribution is -2.35. The minimum Gasteiger partial charge on any atom is -0.496 e. The van der Waals surface area contributed by atoms with Gasteiger partial charge in [0, 0.05) is 63.0 Å². The number of hydrogen-bond donors (Lipinski definition) is 0. The van der Waals surface area contributed by atoms with Gasteiger partial charge in [0.25, 0.3) is 0 Å². The molecule has 0 spiro atoms. The molecule has 1 aromatic heterocycles. The first-order valence-corrected chi connectivity index (χ1v) is 23.1. The van der Waals surface area contributed by atoms with E-state index in [1.807, 2.05) is 72.8 Å². The molecule has 0 amide bonds. The third-order valence-corrected chi connectivity index (χ3v) is 14.9. The van der Waals surface area contributed by atoms with Crippen molar-refractivity contribution >= 4 is 65.9 Å². The van der Waals surface area contributed by atoms with Crippen LogP contribution >= 0.6 is 23.1 Å². The van der Waals surface area contributed by atoms with Gasteiger partial charge in [-0.2, -0.15) is 0 Å². The van der Waals surface area contributed by atoms with Gasteiger partial charge >= 0.3 is 0 Å². The number of benzene rings is 9. The van der Waals surface area contributed by atoms with Gasteiger partial charge in [-0.25, -0.2) is 0 Å². The Morgan fingerprint density at radius 2 is 1.15 bits per heavy atom. The Morgan fingerprint density at radius 1 is 0.554 bits per heavy atom. The van der Waals surface area contributed by atoms with E-state index >= 15 is 0 Å². The molecule has 1 atom stereocenters. The highest BCUT2D eigenvalue weighted by Gasteiger charge is 2.41. The zero-order valence-electron chi connectivity index (χ0n) is 35.6. The summed E-state index contributed by atoms with van der Waals surface area (Å²) in [6, 6.07) is 66.4. The van der Waals surface area contributed by atoms with Crippen LogP contribution in [0.4, 0.5) is 0 Å². The van der Waals surface area contributed by atoms with E-state index in [9.17, 15) is 9.59 Å². The molecule has 65 heavy (non-hydrogen) atoms. The van der Waals surface area contributed by atoms with Gasteiger partial charge in [0.2, 0.25) is 0 Å². The zero-order valence-corrected chi connectivity index (χ0v) is 37.2. The van der Waals surface area contributed by atoms with Crippen LogP contribution in [0.3, 0.4) is 0 Å². The molecule has 4 nitrogen and oxygen atoms in total. The minimum atomic E-state index is -1.05. The normalized spacial score (nSPS) is 14.5. The molecule has 1 aliphatic heterocycles. The standard InChI is InChI=1S/C59H40O4S2/c1-37-32-41(24-30-53(37)64-54-18-10-6-14-43(54)36-60)38-20-26-44(27-21-38)59(35-51(40-12-4-3-5-13-40)49-34-52(62-2)46-15-7-8-16-47(46)58(49)63-59)45-28-22-39(23-29-45)42-25-31-56-50(33-42)57(61)48-17-9-11-19-55(48)65-56/h3-36H,1-2H3. The molecule has 1 unspecified atom stereocenters. The second kappa shape index (κ2) is 16.6. The third kappa shape index (κ3) is 7.12. The number of methoxy groups -OCH3 is 1. The summed E-state index contributed by atoms with van der Waals surface area (Å²) >= 11 is 3.25. The summed E-state index contributed by atoms with van der Waals surface area (Å²) in [5.41, 5.74) is 9.95. The number of aryl methyl sites for hydroxylation is 1. The minimum absolute atomic E-state index is 0.0530. The highest BCUT2D eigenvalue weighted by molar-refractivity contribution is 7.99. The van der Waals surface area contributed by atoms with Gasteiger partial charge < -0.3 is 9.47 Å². The van der Waals surface area contributed by atoms with Crippen molar-refractivity contribution in [2.75, 3.05) is 7.11 Å². The molecule has 6 heteroatoms. The van der Waals surface area contributed by atoms with Crippen molar-refractivity contribution in [2.24, 2.45) is 0 Å². The average Bonchev–Trinajstić information content (AvgIpc) is 3.37. The molecule has 0 saturated carbocycles. The molecule has 0 N–H and O–H groups in total. The zero-order chi connectivity index (χ0) is 44.1. The Labute approximate surface area is 385 Å². The number of carbonyl (C=O) groups excluding carboxylic acids is 1. The van der Waals surface area contributed by atoms with Gasteiger partial charge in [0.1, 0.15) is 11.5 Å². The van der Waals surface area contributed by atoms with E-state index in [0.29, 0.717) is 5.56 Å². The second-order valence-electron chi connectivity index (χ2n) is 16.3. The van der Waals surface area contributed by atoms with Crippen LogP contribution in [0, 0.1) is 6.92 Å². The number of hydrogen-bond acceptors (Lipinski definition) is 6. The fraction of sp³-hybridized carbons (Fsp3) is 0.0508. The first kappa shape index (κ1) is 40.3. The van der Waals surface area contributed by atoms with E-state index < -0.39 is 5.60 Å². The Balaban J connectivity index is 1.05. The predicted molar refractivity (Wildman–Crippen MR) is 269 cm³/mol. The highest BCUT2D eigenvalue weighted by Crippen LogP contribution is 2.52. The van der Waals surface area contributed by atoms with E-state index in [1.165, 1.54) is 0 Å². The van der Waals surface area contributed by atoms with Crippen molar-refractivity contribution in [3.05, 3.63) is 244 Å². The maximum atomic E-state index is 13.7. The maximum absolute atomic E-state index is 13.7. The van der Waals surface area contributed by atoms with Crippen molar-refractivity contribution < 1.29 is 14.3 Å². The fourth-order valence-corrected chi connectivity index (χ4v) is 11.1. The van der Waals surface area contributed by atoms with Gasteiger partial charge in [-0.3, -0.25) is 9.59 Å². The number of rotatable bonds is 9. The Kier molecular flexibility index (Phi) is 10.3. The molecule has 0 radical (unpaired) electrons. The van der Waals surface area contributed by atoms with E-state index in [0.717, 1.165) is 114 Å². The lowest BCUT2D eigenvalue weighted by atomic mass is 9.78. The summed E-state index contributed by atoms with van der Waals surface area (Å²) in [6.45, 7) is 2.12. The summed E-state index contributed by atoms with van der Waals surface area (Å²) in [5.74, 6) is 1.56. The molecular weight excluding hydrogens is 837 g/mol. The van der Waals surface area contributed by atoms with Crippen LogP contribution in [0.2, 0.25) is 0 Å². The molecule has 11 rings (SSSR count). The average molecular weight is 877 g/mol. The van der Waals surface area contributed by atoms with Crippen LogP contribution in [0.5, 0.6) is 11.5 Å². The van der Waals surface area contributed by atoms with E-state index in [4.69, 9.17) is 9.47 Å². The highest BCUT2D eigenvalue weighted by atomic mass is 32.2. The van der Waals surface area contributed by atoms with Gasteiger partial charge in [-0.1, -0.05) is 163 Å². The molecule has 1 aliphatic rings. The van der Waals surface area contributed by atoms with Crippen LogP contribution in [0.25, 0.3) is 58.8 Å². The molecule has 0 bridgehead atoms. The van der Waals surface area contributed by atoms with Crippen LogP contribution in [-0.2, 0) is 5.60 Å². The number of aldehydes is 1. The molecule has 0 aliphatic carbocycles. The molecule has 0 saturated heterocycles. The van der Waals surface area contributed by atoms with E-state index in [-0.39, 0.29) is 5.43 Å². The van der Waals surface area contributed by atoms with Gasteiger partial charge in [-0.05, 0) is 94.4 Å². The number of fused-ring (bicyclic) bond motifs is 5. The summed E-state index contributed by atoms with van der Waals surface area (Å²) < 4.78 is 15.5. The van der Waals surface area contributed by atoms with Gasteiger partial charge in [0.15, 0.2) is 17.3 Å². The first-order valence-electron chi connectivity index (χ1n) is 21.5. The summed E-state index contributed by atoms with van der Waals surface area (Å²) in [6.07, 6.45) is 3.18. The van der Waals surface area contributed by atoms with Crippen LogP contribution in [-0.4, -0.2) is 13.4 Å². The monoisotopic (exact) mass is 876 g/mol. The van der Waals surface area contributed by atoms with Crippen LogP contribution in [0.15, 0.2) is 215 Å². The smallest absolute Gasteiger partial charge is 0.195 e. The molecular formula is C59H40O4S2. The second-order valence-corrected chi connectivity index (χ2v) is 18.5. The largest absolute Gasteiger partial charge is 0.496 e. The van der Waals surface area contributed by atoms with E-state index in [1.54, 1.807) is 30.2 Å².